The zero-order valence-electron chi connectivity index (χ0n) is 16.3. The van der Waals surface area contributed by atoms with Gasteiger partial charge in [-0.25, -0.2) is 12.7 Å². The van der Waals surface area contributed by atoms with Crippen LogP contribution in [0.3, 0.4) is 0 Å². The molecule has 1 amide bonds. The fourth-order valence-corrected chi connectivity index (χ4v) is 5.32. The molecule has 0 unspecified atom stereocenters. The molecule has 156 valence electrons. The molecule has 1 aliphatic heterocycles. The fourth-order valence-electron chi connectivity index (χ4n) is 3.51. The summed E-state index contributed by atoms with van der Waals surface area (Å²) < 4.78 is 32.4. The molecule has 29 heavy (non-hydrogen) atoms. The molecule has 1 heterocycles. The Morgan fingerprint density at radius 2 is 2.03 bits per heavy atom. The summed E-state index contributed by atoms with van der Waals surface area (Å²) in [5, 5.41) is 3.42. The van der Waals surface area contributed by atoms with Crippen molar-refractivity contribution in [2.45, 2.75) is 25.1 Å². The van der Waals surface area contributed by atoms with Crippen molar-refractivity contribution in [1.29, 1.82) is 0 Å². The Morgan fingerprint density at radius 1 is 1.24 bits per heavy atom. The number of hydrogen-bond acceptors (Lipinski definition) is 4. The van der Waals surface area contributed by atoms with E-state index in [1.165, 1.54) is 4.31 Å². The van der Waals surface area contributed by atoms with E-state index in [1.807, 2.05) is 24.3 Å². The van der Waals surface area contributed by atoms with Gasteiger partial charge in [0.2, 0.25) is 15.9 Å². The number of para-hydroxylation sites is 1. The second-order valence-electron chi connectivity index (χ2n) is 7.11. The van der Waals surface area contributed by atoms with Gasteiger partial charge >= 0.3 is 0 Å². The summed E-state index contributed by atoms with van der Waals surface area (Å²) in [5.74, 6) is 0.0802. The zero-order chi connectivity index (χ0) is 20.9. The molecule has 2 aromatic carbocycles. The maximum Gasteiger partial charge on any atom is 0.224 e. The van der Waals surface area contributed by atoms with Crippen LogP contribution >= 0.6 is 11.6 Å². The van der Waals surface area contributed by atoms with Crippen molar-refractivity contribution in [3.05, 3.63) is 64.7 Å². The van der Waals surface area contributed by atoms with Crippen molar-refractivity contribution in [1.82, 2.24) is 9.62 Å². The zero-order valence-corrected chi connectivity index (χ0v) is 17.9. The molecule has 0 aromatic heterocycles. The number of methoxy groups -OCH3 is 1. The van der Waals surface area contributed by atoms with Crippen LogP contribution in [0.15, 0.2) is 48.5 Å². The SMILES string of the molecule is COc1ccccc1CNC(=O)[C@@H]1CCCN(S(=O)(=O)Cc2cccc(Cl)c2)C1. The molecule has 3 rings (SSSR count). The molecule has 1 atom stereocenters. The number of benzene rings is 2. The smallest absolute Gasteiger partial charge is 0.224 e. The van der Waals surface area contributed by atoms with Crippen molar-refractivity contribution in [2.75, 3.05) is 20.2 Å². The molecular formula is C21H25ClN2O4S. The van der Waals surface area contributed by atoms with Crippen molar-refractivity contribution in [3.8, 4) is 5.75 Å². The lowest BCUT2D eigenvalue weighted by Crippen LogP contribution is -2.45. The molecule has 0 aliphatic carbocycles. The number of ether oxygens (including phenoxy) is 1. The lowest BCUT2D eigenvalue weighted by molar-refractivity contribution is -0.126. The Balaban J connectivity index is 1.61. The third kappa shape index (κ3) is 5.72. The topological polar surface area (TPSA) is 75.7 Å². The monoisotopic (exact) mass is 436 g/mol. The molecule has 0 spiro atoms. The Labute approximate surface area is 176 Å². The van der Waals surface area contributed by atoms with Crippen LogP contribution in [0.5, 0.6) is 5.75 Å². The lowest BCUT2D eigenvalue weighted by Gasteiger charge is -2.31. The summed E-state index contributed by atoms with van der Waals surface area (Å²) in [6.07, 6.45) is 1.32. The predicted molar refractivity (Wildman–Crippen MR) is 113 cm³/mol. The fraction of sp³-hybridized carbons (Fsp3) is 0.381. The van der Waals surface area contributed by atoms with Crippen LogP contribution in [0.2, 0.25) is 5.02 Å². The third-order valence-corrected chi connectivity index (χ3v) is 7.08. The minimum atomic E-state index is -3.52. The second kappa shape index (κ2) is 9.61. The number of rotatable bonds is 7. The predicted octanol–water partition coefficient (Wildman–Crippen LogP) is 3.21. The molecular weight excluding hydrogens is 412 g/mol. The number of halogens is 1. The van der Waals surface area contributed by atoms with E-state index < -0.39 is 10.0 Å². The Bertz CT molecular complexity index is 965. The number of hydrogen-bond donors (Lipinski definition) is 1. The molecule has 1 saturated heterocycles. The van der Waals surface area contributed by atoms with Gasteiger partial charge in [0.1, 0.15) is 5.75 Å². The van der Waals surface area contributed by atoms with Crippen LogP contribution < -0.4 is 10.1 Å². The average molecular weight is 437 g/mol. The highest BCUT2D eigenvalue weighted by atomic mass is 35.5. The van der Waals surface area contributed by atoms with Gasteiger partial charge in [0.25, 0.3) is 0 Å². The number of carbonyl (C=O) groups excluding carboxylic acids is 1. The van der Waals surface area contributed by atoms with Crippen LogP contribution in [-0.4, -0.2) is 38.8 Å². The first-order valence-corrected chi connectivity index (χ1v) is 11.5. The molecule has 0 radical (unpaired) electrons. The Hall–Kier alpha value is -2.09. The maximum atomic E-state index is 12.8. The summed E-state index contributed by atoms with van der Waals surface area (Å²) in [4.78, 5) is 12.7. The summed E-state index contributed by atoms with van der Waals surface area (Å²) >= 11 is 5.96. The van der Waals surface area contributed by atoms with Gasteiger partial charge in [-0.2, -0.15) is 0 Å². The Morgan fingerprint density at radius 3 is 2.79 bits per heavy atom. The van der Waals surface area contributed by atoms with Crippen molar-refractivity contribution in [3.63, 3.8) is 0 Å². The highest BCUT2D eigenvalue weighted by molar-refractivity contribution is 7.88. The highest BCUT2D eigenvalue weighted by Gasteiger charge is 2.32. The number of nitrogens with zero attached hydrogens (tertiary/aromatic N) is 1. The van der Waals surface area contributed by atoms with E-state index in [1.54, 1.807) is 31.4 Å². The minimum Gasteiger partial charge on any atom is -0.496 e. The van der Waals surface area contributed by atoms with Crippen LogP contribution in [0.1, 0.15) is 24.0 Å². The molecule has 1 aliphatic rings. The number of amides is 1. The van der Waals surface area contributed by atoms with Gasteiger partial charge in [-0.05, 0) is 36.6 Å². The molecule has 6 nitrogen and oxygen atoms in total. The van der Waals surface area contributed by atoms with E-state index in [9.17, 15) is 13.2 Å². The van der Waals surface area contributed by atoms with E-state index in [4.69, 9.17) is 16.3 Å². The first-order chi connectivity index (χ1) is 13.9. The first kappa shape index (κ1) is 21.6. The van der Waals surface area contributed by atoms with Gasteiger partial charge in [-0.1, -0.05) is 41.9 Å². The largest absolute Gasteiger partial charge is 0.496 e. The normalized spacial score (nSPS) is 17.7. The molecule has 0 bridgehead atoms. The molecule has 1 fully saturated rings. The summed E-state index contributed by atoms with van der Waals surface area (Å²) in [5.41, 5.74) is 1.52. The van der Waals surface area contributed by atoms with Gasteiger partial charge < -0.3 is 10.1 Å². The van der Waals surface area contributed by atoms with E-state index in [0.717, 1.165) is 5.56 Å². The van der Waals surface area contributed by atoms with Crippen molar-refractivity contribution in [2.24, 2.45) is 5.92 Å². The summed E-state index contributed by atoms with van der Waals surface area (Å²) in [7, 11) is -1.93. The quantitative estimate of drug-likeness (QED) is 0.723. The van der Waals surface area contributed by atoms with Crippen LogP contribution in [0, 0.1) is 5.92 Å². The van der Waals surface area contributed by atoms with Crippen LogP contribution in [0.4, 0.5) is 0 Å². The minimum absolute atomic E-state index is 0.122. The maximum absolute atomic E-state index is 12.8. The molecule has 2 aromatic rings. The summed E-state index contributed by atoms with van der Waals surface area (Å²) in [6, 6.07) is 14.3. The van der Waals surface area contributed by atoms with Crippen LogP contribution in [0.25, 0.3) is 0 Å². The van der Waals surface area contributed by atoms with Crippen molar-refractivity contribution < 1.29 is 17.9 Å². The number of nitrogens with one attached hydrogen (secondary N) is 1. The third-order valence-electron chi connectivity index (χ3n) is 5.03. The van der Waals surface area contributed by atoms with E-state index in [2.05, 4.69) is 5.32 Å². The highest BCUT2D eigenvalue weighted by Crippen LogP contribution is 2.23. The first-order valence-electron chi connectivity index (χ1n) is 9.51. The number of piperidine rings is 1. The summed E-state index contributed by atoms with van der Waals surface area (Å²) in [6.45, 7) is 0.967. The second-order valence-corrected chi connectivity index (χ2v) is 9.52. The number of carbonyl (C=O) groups is 1. The molecule has 8 heteroatoms. The van der Waals surface area contributed by atoms with E-state index >= 15 is 0 Å². The molecule has 0 saturated carbocycles. The van der Waals surface area contributed by atoms with Gasteiger partial charge in [0.15, 0.2) is 0 Å². The van der Waals surface area contributed by atoms with Gasteiger partial charge in [-0.15, -0.1) is 0 Å². The van der Waals surface area contributed by atoms with E-state index in [0.29, 0.717) is 42.3 Å². The van der Waals surface area contributed by atoms with Gasteiger partial charge in [0, 0.05) is 30.2 Å². The number of sulfonamides is 1. The van der Waals surface area contributed by atoms with Gasteiger partial charge in [0.05, 0.1) is 18.8 Å². The Kier molecular flexibility index (Phi) is 7.16. The van der Waals surface area contributed by atoms with Crippen molar-refractivity contribution >= 4 is 27.5 Å². The standard InChI is InChI=1S/C21H25ClN2O4S/c1-28-20-10-3-2-7-17(20)13-23-21(25)18-8-5-11-24(14-18)29(26,27)15-16-6-4-9-19(22)12-16/h2-4,6-7,9-10,12,18H,5,8,11,13-15H2,1H3,(H,23,25)/t18-/m1/s1. The average Bonchev–Trinajstić information content (AvgIpc) is 2.72. The molecule has 1 N–H and O–H groups in total. The van der Waals surface area contributed by atoms with Gasteiger partial charge in [-0.3, -0.25) is 4.79 Å². The van der Waals surface area contributed by atoms with E-state index in [-0.39, 0.29) is 24.1 Å². The van der Waals surface area contributed by atoms with Crippen LogP contribution in [-0.2, 0) is 27.1 Å². The lowest BCUT2D eigenvalue weighted by atomic mass is 9.98.